The lowest BCUT2D eigenvalue weighted by atomic mass is 9.43. The maximum atomic E-state index is 12.7. The van der Waals surface area contributed by atoms with Gasteiger partial charge in [0.1, 0.15) is 6.10 Å². The van der Waals surface area contributed by atoms with Crippen molar-refractivity contribution >= 4 is 5.91 Å². The molecular formula is C40H67N3O7. The molecule has 0 bridgehead atoms. The number of amides is 1. The highest BCUT2D eigenvalue weighted by molar-refractivity contribution is 5.78. The van der Waals surface area contributed by atoms with Gasteiger partial charge in [-0.1, -0.05) is 27.7 Å². The lowest BCUT2D eigenvalue weighted by molar-refractivity contribution is -0.246. The molecule has 10 heteroatoms. The normalized spacial score (nSPS) is 50.2. The molecule has 2 spiro atoms. The maximum absolute atomic E-state index is 12.7. The smallest absolute Gasteiger partial charge is 0.236 e. The van der Waals surface area contributed by atoms with E-state index in [4.69, 9.17) is 24.7 Å². The molecule has 284 valence electrons. The Morgan fingerprint density at radius 3 is 2.46 bits per heavy atom. The number of rotatable bonds is 8. The topological polar surface area (TPSA) is 127 Å². The minimum Gasteiger partial charge on any atom is -0.388 e. The summed E-state index contributed by atoms with van der Waals surface area (Å²) in [5, 5.41) is 23.6. The zero-order valence-electron chi connectivity index (χ0n) is 32.0. The minimum absolute atomic E-state index is 0.0210. The summed E-state index contributed by atoms with van der Waals surface area (Å²) in [5.74, 6) is 1.48. The van der Waals surface area contributed by atoms with Crippen molar-refractivity contribution in [3.63, 3.8) is 0 Å². The van der Waals surface area contributed by atoms with Crippen LogP contribution in [0.15, 0.2) is 0 Å². The number of nitrogens with two attached hydrogens (primary N) is 1. The highest BCUT2D eigenvalue weighted by Crippen LogP contribution is 2.87. The molecule has 0 aromatic rings. The number of likely N-dealkylation sites (tertiary alicyclic amines) is 1. The number of carbonyl (C=O) groups is 1. The van der Waals surface area contributed by atoms with Crippen molar-refractivity contribution in [2.24, 2.45) is 51.1 Å². The molecule has 50 heavy (non-hydrogen) atoms. The van der Waals surface area contributed by atoms with E-state index in [0.29, 0.717) is 38.1 Å². The third-order valence-corrected chi connectivity index (χ3v) is 16.6. The summed E-state index contributed by atoms with van der Waals surface area (Å²) in [4.78, 5) is 16.9. The van der Waals surface area contributed by atoms with Gasteiger partial charge in [0.25, 0.3) is 0 Å². The Labute approximate surface area is 300 Å². The number of carbonyl (C=O) groups excluding carboxylic acids is 1. The van der Waals surface area contributed by atoms with Gasteiger partial charge in [-0.15, -0.1) is 0 Å². The lowest BCUT2D eigenvalue weighted by Gasteiger charge is -2.63. The molecule has 3 saturated heterocycles. The summed E-state index contributed by atoms with van der Waals surface area (Å²) >= 11 is 0. The standard InChI is InChI=1S/C40H67N3O7/c1-8-47-34(36(5,6)46)25-20-24(2)31-32(49-25)33(45)40(41)27-11-10-26-35(3,4)28(12-13-38(26)23-39(27,38)15-14-37(31,40)7)50-30-22-42(18-19-48-30)21-29(44)43-16-9-17-43/h24-28,30-34,45-46H,8-23,41H2,1-7H3. The van der Waals surface area contributed by atoms with Crippen molar-refractivity contribution in [2.45, 2.75) is 154 Å². The lowest BCUT2D eigenvalue weighted by Crippen LogP contribution is -2.70. The Balaban J connectivity index is 0.991. The molecule has 0 aromatic carbocycles. The van der Waals surface area contributed by atoms with E-state index in [-0.39, 0.29) is 64.0 Å². The fourth-order valence-electron chi connectivity index (χ4n) is 14.3. The molecule has 0 radical (unpaired) electrons. The molecule has 1 amide bonds. The first-order valence-corrected chi connectivity index (χ1v) is 20.3. The Morgan fingerprint density at radius 2 is 1.78 bits per heavy atom. The third kappa shape index (κ3) is 4.97. The van der Waals surface area contributed by atoms with Gasteiger partial charge in [-0.3, -0.25) is 9.69 Å². The summed E-state index contributed by atoms with van der Waals surface area (Å²) in [6.45, 7) is 19.9. The molecule has 14 unspecified atom stereocenters. The number of morpholine rings is 1. The predicted molar refractivity (Wildman–Crippen MR) is 189 cm³/mol. The second-order valence-corrected chi connectivity index (χ2v) is 19.6. The van der Waals surface area contributed by atoms with Crippen molar-refractivity contribution < 1.29 is 34.0 Å². The van der Waals surface area contributed by atoms with Crippen LogP contribution in [0.4, 0.5) is 0 Å². The predicted octanol–water partition coefficient (Wildman–Crippen LogP) is 3.94. The summed E-state index contributed by atoms with van der Waals surface area (Å²) in [7, 11) is 0. The fourth-order valence-corrected chi connectivity index (χ4v) is 14.3. The largest absolute Gasteiger partial charge is 0.388 e. The quantitative estimate of drug-likeness (QED) is 0.345. The van der Waals surface area contributed by atoms with Crippen LogP contribution in [0, 0.1) is 45.3 Å². The first-order chi connectivity index (χ1) is 23.5. The van der Waals surface area contributed by atoms with Crippen molar-refractivity contribution in [2.75, 3.05) is 45.9 Å². The van der Waals surface area contributed by atoms with Crippen LogP contribution in [0.3, 0.4) is 0 Å². The van der Waals surface area contributed by atoms with E-state index < -0.39 is 23.3 Å². The molecule has 14 atom stereocenters. The minimum atomic E-state index is -1.05. The van der Waals surface area contributed by atoms with Crippen LogP contribution < -0.4 is 5.73 Å². The summed E-state index contributed by atoms with van der Waals surface area (Å²) in [6, 6.07) is 0. The van der Waals surface area contributed by atoms with Crippen LogP contribution in [-0.4, -0.2) is 120 Å². The molecule has 4 N–H and O–H groups in total. The molecule has 5 aliphatic carbocycles. The number of hydrogen-bond acceptors (Lipinski definition) is 9. The van der Waals surface area contributed by atoms with Crippen molar-refractivity contribution in [1.82, 2.24) is 9.80 Å². The zero-order valence-corrected chi connectivity index (χ0v) is 32.0. The monoisotopic (exact) mass is 701 g/mol. The highest BCUT2D eigenvalue weighted by atomic mass is 16.7. The molecule has 0 aromatic heterocycles. The van der Waals surface area contributed by atoms with Crippen LogP contribution in [-0.2, 0) is 23.7 Å². The zero-order chi connectivity index (χ0) is 35.6. The summed E-state index contributed by atoms with van der Waals surface area (Å²) < 4.78 is 26.0. The number of hydrogen-bond donors (Lipinski definition) is 3. The number of ether oxygens (including phenoxy) is 4. The Bertz CT molecular complexity index is 1320. The van der Waals surface area contributed by atoms with Gasteiger partial charge >= 0.3 is 0 Å². The number of aliphatic hydroxyl groups excluding tert-OH is 1. The molecule has 3 aliphatic heterocycles. The highest BCUT2D eigenvalue weighted by Gasteiger charge is 2.85. The first kappa shape index (κ1) is 36.1. The second kappa shape index (κ2) is 12.1. The summed E-state index contributed by atoms with van der Waals surface area (Å²) in [6.07, 6.45) is 7.51. The molecule has 8 aliphatic rings. The van der Waals surface area contributed by atoms with Crippen LogP contribution in [0.2, 0.25) is 0 Å². The average Bonchev–Trinajstić information content (AvgIpc) is 3.64. The molecular weight excluding hydrogens is 634 g/mol. The third-order valence-electron chi connectivity index (χ3n) is 16.6. The number of nitrogens with zero attached hydrogens (tertiary/aromatic N) is 2. The van der Waals surface area contributed by atoms with Crippen molar-refractivity contribution in [3.8, 4) is 0 Å². The Morgan fingerprint density at radius 1 is 1.06 bits per heavy atom. The Hall–Kier alpha value is -0.850. The fraction of sp³-hybridized carbons (Fsp3) is 0.975. The van der Waals surface area contributed by atoms with E-state index in [1.54, 1.807) is 13.8 Å². The second-order valence-electron chi connectivity index (χ2n) is 19.6. The van der Waals surface area contributed by atoms with Gasteiger partial charge < -0.3 is 39.8 Å². The Kier molecular flexibility index (Phi) is 8.73. The SMILES string of the molecule is CCOC(C1CC(C)C2C(O1)C(O)C1(N)C3CCC4C(C)(C)C(OC5CN(CC(=O)N6CCC6)CCO5)CCC45CC35CCC21C)C(C)(C)O. The maximum Gasteiger partial charge on any atom is 0.236 e. The molecule has 8 rings (SSSR count). The van der Waals surface area contributed by atoms with E-state index >= 15 is 0 Å². The van der Waals surface area contributed by atoms with Crippen molar-refractivity contribution in [1.29, 1.82) is 0 Å². The van der Waals surface area contributed by atoms with Crippen LogP contribution in [0.1, 0.15) is 106 Å². The van der Waals surface area contributed by atoms with E-state index in [2.05, 4.69) is 32.6 Å². The molecule has 3 heterocycles. The van der Waals surface area contributed by atoms with E-state index in [0.717, 1.165) is 64.6 Å². The molecule has 5 saturated carbocycles. The van der Waals surface area contributed by atoms with Crippen LogP contribution in [0.25, 0.3) is 0 Å². The van der Waals surface area contributed by atoms with Gasteiger partial charge in [0.2, 0.25) is 5.91 Å². The van der Waals surface area contributed by atoms with Gasteiger partial charge in [0, 0.05) is 26.2 Å². The van der Waals surface area contributed by atoms with Gasteiger partial charge in [0.15, 0.2) is 6.29 Å². The van der Waals surface area contributed by atoms with E-state index in [9.17, 15) is 15.0 Å². The molecule has 10 nitrogen and oxygen atoms in total. The number of aliphatic hydroxyl groups is 2. The number of fused-ring (bicyclic) bond motifs is 4. The average molecular weight is 702 g/mol. The van der Waals surface area contributed by atoms with Crippen molar-refractivity contribution in [3.05, 3.63) is 0 Å². The van der Waals surface area contributed by atoms with Gasteiger partial charge in [-0.05, 0) is 124 Å². The van der Waals surface area contributed by atoms with Crippen LogP contribution in [0.5, 0.6) is 0 Å². The van der Waals surface area contributed by atoms with E-state index in [1.807, 2.05) is 11.8 Å². The van der Waals surface area contributed by atoms with Gasteiger partial charge in [-0.25, -0.2) is 0 Å². The molecule has 8 fully saturated rings. The summed E-state index contributed by atoms with van der Waals surface area (Å²) in [5.41, 5.74) is 6.20. The van der Waals surface area contributed by atoms with Gasteiger partial charge in [0.05, 0.1) is 55.3 Å². The van der Waals surface area contributed by atoms with Gasteiger partial charge in [-0.2, -0.15) is 0 Å². The first-order valence-electron chi connectivity index (χ1n) is 20.3. The van der Waals surface area contributed by atoms with E-state index in [1.165, 1.54) is 12.8 Å². The van der Waals surface area contributed by atoms with Crippen LogP contribution >= 0.6 is 0 Å².